The number of nitrogens with zero attached hydrogens (tertiary/aromatic N) is 3. The van der Waals surface area contributed by atoms with E-state index in [1.165, 1.54) is 11.3 Å². The summed E-state index contributed by atoms with van der Waals surface area (Å²) in [5, 5.41) is 1.30. The molecule has 3 heterocycles. The number of fused-ring (bicyclic) bond motifs is 2. The lowest BCUT2D eigenvalue weighted by molar-refractivity contribution is 0.0391. The molecule has 0 spiro atoms. The van der Waals surface area contributed by atoms with Crippen molar-refractivity contribution in [2.24, 2.45) is 0 Å². The van der Waals surface area contributed by atoms with Gasteiger partial charge in [-0.15, -0.1) is 0 Å². The van der Waals surface area contributed by atoms with Crippen molar-refractivity contribution >= 4 is 43.6 Å². The van der Waals surface area contributed by atoms with Crippen molar-refractivity contribution < 1.29 is 13.9 Å². The van der Waals surface area contributed by atoms with Gasteiger partial charge < -0.3 is 9.15 Å². The number of anilines is 1. The van der Waals surface area contributed by atoms with Crippen LogP contribution in [0.1, 0.15) is 15.9 Å². The Balaban J connectivity index is 1.53. The summed E-state index contributed by atoms with van der Waals surface area (Å²) in [4.78, 5) is 34.9. The van der Waals surface area contributed by atoms with E-state index in [-0.39, 0.29) is 5.56 Å². The van der Waals surface area contributed by atoms with Crippen molar-refractivity contribution in [3.63, 3.8) is 0 Å². The first-order valence-electron chi connectivity index (χ1n) is 10.6. The van der Waals surface area contributed by atoms with Crippen LogP contribution in [-0.2, 0) is 4.74 Å². The third-order valence-corrected chi connectivity index (χ3v) is 6.74. The molecule has 0 aliphatic carbocycles. The fourth-order valence-electron chi connectivity index (χ4n) is 3.90. The number of para-hydroxylation sites is 2. The van der Waals surface area contributed by atoms with Gasteiger partial charge in [-0.3, -0.25) is 14.6 Å². The van der Waals surface area contributed by atoms with Crippen LogP contribution in [0.15, 0.2) is 57.7 Å². The molecule has 1 aliphatic heterocycles. The van der Waals surface area contributed by atoms with E-state index in [2.05, 4.69) is 4.90 Å². The number of thiazole rings is 1. The molecule has 1 saturated heterocycles. The van der Waals surface area contributed by atoms with Crippen molar-refractivity contribution in [2.45, 2.75) is 6.92 Å². The van der Waals surface area contributed by atoms with Crippen molar-refractivity contribution in [1.82, 2.24) is 9.88 Å². The largest absolute Gasteiger partial charge is 0.422 e. The second-order valence-corrected chi connectivity index (χ2v) is 8.82. The summed E-state index contributed by atoms with van der Waals surface area (Å²) in [5.74, 6) is -0.394. The summed E-state index contributed by atoms with van der Waals surface area (Å²) in [6, 6.07) is 14.8. The third-order valence-electron chi connectivity index (χ3n) is 5.70. The summed E-state index contributed by atoms with van der Waals surface area (Å²) in [6.07, 6.45) is 0. The maximum absolute atomic E-state index is 13.6. The molecular formula is C24H23N3O4S. The number of hydrogen-bond acceptors (Lipinski definition) is 7. The van der Waals surface area contributed by atoms with E-state index in [0.717, 1.165) is 28.9 Å². The van der Waals surface area contributed by atoms with E-state index in [0.29, 0.717) is 42.4 Å². The molecule has 2 aromatic carbocycles. The Morgan fingerprint density at radius 3 is 2.78 bits per heavy atom. The summed E-state index contributed by atoms with van der Waals surface area (Å²) in [6.45, 7) is 6.10. The SMILES string of the molecule is Cc1cccc2sc(N(CCN3CCOCC3)C(=O)c3cc4ccccc4oc3=O)nc12. The van der Waals surface area contributed by atoms with Gasteiger partial charge in [0.05, 0.1) is 23.4 Å². The number of morpholine rings is 1. The Kier molecular flexibility index (Phi) is 5.73. The van der Waals surface area contributed by atoms with Crippen LogP contribution in [0.4, 0.5) is 5.13 Å². The van der Waals surface area contributed by atoms with Gasteiger partial charge >= 0.3 is 5.63 Å². The number of ether oxygens (including phenoxy) is 1. The normalized spacial score (nSPS) is 14.8. The van der Waals surface area contributed by atoms with E-state index < -0.39 is 11.5 Å². The molecule has 164 valence electrons. The highest BCUT2D eigenvalue weighted by Crippen LogP contribution is 2.31. The molecule has 7 nitrogen and oxygen atoms in total. The lowest BCUT2D eigenvalue weighted by Gasteiger charge is -2.29. The van der Waals surface area contributed by atoms with Gasteiger partial charge in [-0.05, 0) is 30.7 Å². The fourth-order valence-corrected chi connectivity index (χ4v) is 4.96. The minimum atomic E-state index is -0.637. The van der Waals surface area contributed by atoms with E-state index in [1.807, 2.05) is 37.3 Å². The molecule has 0 unspecified atom stereocenters. The van der Waals surface area contributed by atoms with Gasteiger partial charge in [-0.25, -0.2) is 9.78 Å². The summed E-state index contributed by atoms with van der Waals surface area (Å²) >= 11 is 1.46. The van der Waals surface area contributed by atoms with Crippen LogP contribution < -0.4 is 10.5 Å². The molecule has 5 rings (SSSR count). The van der Waals surface area contributed by atoms with E-state index in [1.54, 1.807) is 23.1 Å². The maximum Gasteiger partial charge on any atom is 0.349 e. The van der Waals surface area contributed by atoms with Crippen LogP contribution in [0, 0.1) is 6.92 Å². The maximum atomic E-state index is 13.6. The quantitative estimate of drug-likeness (QED) is 0.433. The first-order chi connectivity index (χ1) is 15.6. The van der Waals surface area contributed by atoms with E-state index in [9.17, 15) is 9.59 Å². The van der Waals surface area contributed by atoms with Crippen LogP contribution >= 0.6 is 11.3 Å². The van der Waals surface area contributed by atoms with Crippen molar-refractivity contribution in [3.8, 4) is 0 Å². The number of carbonyl (C=O) groups excluding carboxylic acids is 1. The third kappa shape index (κ3) is 4.04. The minimum Gasteiger partial charge on any atom is -0.422 e. The zero-order chi connectivity index (χ0) is 22.1. The van der Waals surface area contributed by atoms with E-state index >= 15 is 0 Å². The van der Waals surface area contributed by atoms with E-state index in [4.69, 9.17) is 14.1 Å². The average molecular weight is 450 g/mol. The highest BCUT2D eigenvalue weighted by atomic mass is 32.1. The molecular weight excluding hydrogens is 426 g/mol. The molecule has 1 fully saturated rings. The molecule has 32 heavy (non-hydrogen) atoms. The van der Waals surface area contributed by atoms with Crippen LogP contribution in [0.25, 0.3) is 21.2 Å². The summed E-state index contributed by atoms with van der Waals surface area (Å²) < 4.78 is 11.9. The molecule has 1 aliphatic rings. The van der Waals surface area contributed by atoms with Gasteiger partial charge in [0.2, 0.25) is 0 Å². The van der Waals surface area contributed by atoms with Gasteiger partial charge in [0, 0.05) is 31.6 Å². The second-order valence-electron chi connectivity index (χ2n) is 7.81. The Morgan fingerprint density at radius 2 is 1.97 bits per heavy atom. The molecule has 0 radical (unpaired) electrons. The van der Waals surface area contributed by atoms with Crippen molar-refractivity contribution in [1.29, 1.82) is 0 Å². The first-order valence-corrected chi connectivity index (χ1v) is 11.4. The summed E-state index contributed by atoms with van der Waals surface area (Å²) in [7, 11) is 0. The second kappa shape index (κ2) is 8.82. The first kappa shape index (κ1) is 20.8. The predicted molar refractivity (Wildman–Crippen MR) is 126 cm³/mol. The lowest BCUT2D eigenvalue weighted by atomic mass is 10.1. The standard InChI is InChI=1S/C24H23N3O4S/c1-16-5-4-8-20-21(16)25-24(32-20)27(10-9-26-11-13-30-14-12-26)22(28)18-15-17-6-2-3-7-19(17)31-23(18)29/h2-8,15H,9-14H2,1H3. The van der Waals surface area contributed by atoms with Crippen LogP contribution in [0.3, 0.4) is 0 Å². The number of hydrogen-bond donors (Lipinski definition) is 0. The van der Waals surface area contributed by atoms with Crippen LogP contribution in [0.5, 0.6) is 0 Å². The topological polar surface area (TPSA) is 75.9 Å². The monoisotopic (exact) mass is 449 g/mol. The number of rotatable bonds is 5. The van der Waals surface area contributed by atoms with Gasteiger partial charge in [0.1, 0.15) is 11.1 Å². The molecule has 0 N–H and O–H groups in total. The zero-order valence-electron chi connectivity index (χ0n) is 17.7. The van der Waals surface area contributed by atoms with Crippen LogP contribution in [0.2, 0.25) is 0 Å². The van der Waals surface area contributed by atoms with Crippen LogP contribution in [-0.4, -0.2) is 55.2 Å². The van der Waals surface area contributed by atoms with Crippen molar-refractivity contribution in [2.75, 3.05) is 44.3 Å². The van der Waals surface area contributed by atoms with Gasteiger partial charge in [-0.1, -0.05) is 41.7 Å². The Morgan fingerprint density at radius 1 is 1.16 bits per heavy atom. The molecule has 8 heteroatoms. The van der Waals surface area contributed by atoms with Gasteiger partial charge in [-0.2, -0.15) is 0 Å². The van der Waals surface area contributed by atoms with Gasteiger partial charge in [0.25, 0.3) is 5.91 Å². The molecule has 0 saturated carbocycles. The average Bonchev–Trinajstić information content (AvgIpc) is 3.25. The Hall–Kier alpha value is -3.07. The smallest absolute Gasteiger partial charge is 0.349 e. The minimum absolute atomic E-state index is 0.0154. The highest BCUT2D eigenvalue weighted by molar-refractivity contribution is 7.22. The fraction of sp³-hybridized carbons (Fsp3) is 0.292. The molecule has 0 atom stereocenters. The number of amides is 1. The molecule has 2 aromatic heterocycles. The van der Waals surface area contributed by atoms with Crippen molar-refractivity contribution in [3.05, 3.63) is 70.1 Å². The Labute approximate surface area is 188 Å². The number of aromatic nitrogens is 1. The van der Waals surface area contributed by atoms with Gasteiger partial charge in [0.15, 0.2) is 5.13 Å². The Bertz CT molecular complexity index is 1340. The lowest BCUT2D eigenvalue weighted by Crippen LogP contribution is -2.44. The number of benzene rings is 2. The zero-order valence-corrected chi connectivity index (χ0v) is 18.6. The summed E-state index contributed by atoms with van der Waals surface area (Å²) in [5.41, 5.74) is 1.77. The molecule has 4 aromatic rings. The number of carbonyl (C=O) groups is 1. The molecule has 1 amide bonds. The number of aryl methyl sites for hydroxylation is 1. The predicted octanol–water partition coefficient (Wildman–Crippen LogP) is 3.69. The molecule has 0 bridgehead atoms. The highest BCUT2D eigenvalue weighted by Gasteiger charge is 2.26.